The lowest BCUT2D eigenvalue weighted by molar-refractivity contribution is 0.351. The molecule has 1 fully saturated rings. The fraction of sp³-hybridized carbons (Fsp3) is 0.250. The lowest BCUT2D eigenvalue weighted by Crippen LogP contribution is -2.19. The zero-order valence-electron chi connectivity index (χ0n) is 9.64. The van der Waals surface area contributed by atoms with Crippen LogP contribution in [-0.4, -0.2) is 0 Å². The molecule has 86 valence electrons. The predicted molar refractivity (Wildman–Crippen MR) is 72.6 cm³/mol. The molecule has 0 aromatic heterocycles. The summed E-state index contributed by atoms with van der Waals surface area (Å²) >= 11 is 5.90. The predicted octanol–water partition coefficient (Wildman–Crippen LogP) is 5.00. The SMILES string of the molecule is Clc1ccc(C2CC(c3ccccc3)C2)cc1. The van der Waals surface area contributed by atoms with E-state index in [0.717, 1.165) is 16.9 Å². The lowest BCUT2D eigenvalue weighted by atomic mass is 9.68. The molecule has 0 radical (unpaired) electrons. The molecule has 0 N–H and O–H groups in total. The maximum Gasteiger partial charge on any atom is 0.0406 e. The molecule has 0 unspecified atom stereocenters. The van der Waals surface area contributed by atoms with Crippen molar-refractivity contribution in [3.05, 3.63) is 70.7 Å². The van der Waals surface area contributed by atoms with Crippen molar-refractivity contribution in [3.63, 3.8) is 0 Å². The average molecular weight is 243 g/mol. The highest BCUT2D eigenvalue weighted by Gasteiger charge is 2.30. The summed E-state index contributed by atoms with van der Waals surface area (Å²) in [4.78, 5) is 0. The molecule has 2 aromatic carbocycles. The van der Waals surface area contributed by atoms with E-state index in [1.54, 1.807) is 0 Å². The van der Waals surface area contributed by atoms with Gasteiger partial charge in [-0.05, 0) is 47.9 Å². The van der Waals surface area contributed by atoms with Crippen molar-refractivity contribution >= 4 is 11.6 Å². The number of hydrogen-bond donors (Lipinski definition) is 0. The Hall–Kier alpha value is -1.27. The van der Waals surface area contributed by atoms with Gasteiger partial charge in [0.05, 0.1) is 0 Å². The summed E-state index contributed by atoms with van der Waals surface area (Å²) in [5, 5.41) is 0.827. The van der Waals surface area contributed by atoms with Gasteiger partial charge in [-0.3, -0.25) is 0 Å². The monoisotopic (exact) mass is 242 g/mol. The van der Waals surface area contributed by atoms with Crippen LogP contribution in [0.5, 0.6) is 0 Å². The highest BCUT2D eigenvalue weighted by Crippen LogP contribution is 2.47. The Morgan fingerprint density at radius 1 is 0.706 bits per heavy atom. The van der Waals surface area contributed by atoms with Crippen molar-refractivity contribution < 1.29 is 0 Å². The molecule has 0 bridgehead atoms. The normalized spacial score (nSPS) is 23.1. The van der Waals surface area contributed by atoms with E-state index < -0.39 is 0 Å². The molecule has 1 heteroatoms. The molecule has 17 heavy (non-hydrogen) atoms. The van der Waals surface area contributed by atoms with Crippen molar-refractivity contribution in [1.82, 2.24) is 0 Å². The van der Waals surface area contributed by atoms with E-state index in [0.29, 0.717) is 0 Å². The van der Waals surface area contributed by atoms with E-state index in [4.69, 9.17) is 11.6 Å². The minimum Gasteiger partial charge on any atom is -0.0843 e. The fourth-order valence-corrected chi connectivity index (χ4v) is 2.75. The van der Waals surface area contributed by atoms with Crippen LogP contribution >= 0.6 is 11.6 Å². The Morgan fingerprint density at radius 3 is 1.82 bits per heavy atom. The van der Waals surface area contributed by atoms with Gasteiger partial charge >= 0.3 is 0 Å². The first-order valence-electron chi connectivity index (χ1n) is 6.13. The molecule has 0 amide bonds. The summed E-state index contributed by atoms with van der Waals surface area (Å²) in [6, 6.07) is 19.1. The van der Waals surface area contributed by atoms with Gasteiger partial charge in [0.1, 0.15) is 0 Å². The highest BCUT2D eigenvalue weighted by atomic mass is 35.5. The second kappa shape index (κ2) is 4.54. The van der Waals surface area contributed by atoms with Crippen molar-refractivity contribution in [2.75, 3.05) is 0 Å². The highest BCUT2D eigenvalue weighted by molar-refractivity contribution is 6.30. The average Bonchev–Trinajstić information content (AvgIpc) is 2.31. The maximum absolute atomic E-state index is 5.90. The van der Waals surface area contributed by atoms with Gasteiger partial charge in [0.15, 0.2) is 0 Å². The minimum absolute atomic E-state index is 0.720. The van der Waals surface area contributed by atoms with E-state index in [1.807, 2.05) is 12.1 Å². The fourth-order valence-electron chi connectivity index (χ4n) is 2.62. The van der Waals surface area contributed by atoms with Crippen LogP contribution in [0.25, 0.3) is 0 Å². The third kappa shape index (κ3) is 2.23. The first kappa shape index (κ1) is 10.9. The number of hydrogen-bond acceptors (Lipinski definition) is 0. The summed E-state index contributed by atoms with van der Waals surface area (Å²) in [5.74, 6) is 1.47. The Kier molecular flexibility index (Phi) is 2.90. The summed E-state index contributed by atoms with van der Waals surface area (Å²) in [7, 11) is 0. The molecule has 0 heterocycles. The Morgan fingerprint density at radius 2 is 1.24 bits per heavy atom. The lowest BCUT2D eigenvalue weighted by Gasteiger charge is -2.36. The summed E-state index contributed by atoms with van der Waals surface area (Å²) in [6.07, 6.45) is 2.54. The molecule has 1 aliphatic rings. The second-order valence-corrected chi connectivity index (χ2v) is 5.26. The second-order valence-electron chi connectivity index (χ2n) is 4.83. The first-order valence-corrected chi connectivity index (χ1v) is 6.51. The number of benzene rings is 2. The standard InChI is InChI=1S/C16H15Cl/c17-16-8-6-13(7-9-16)15-10-14(11-15)12-4-2-1-3-5-12/h1-9,14-15H,10-11H2. The molecule has 1 aliphatic carbocycles. The van der Waals surface area contributed by atoms with Crippen LogP contribution < -0.4 is 0 Å². The van der Waals surface area contributed by atoms with Crippen molar-refractivity contribution in [2.24, 2.45) is 0 Å². The van der Waals surface area contributed by atoms with Gasteiger partial charge in [0, 0.05) is 5.02 Å². The van der Waals surface area contributed by atoms with Gasteiger partial charge in [-0.2, -0.15) is 0 Å². The van der Waals surface area contributed by atoms with Gasteiger partial charge < -0.3 is 0 Å². The Labute approximate surface area is 107 Å². The number of rotatable bonds is 2. The maximum atomic E-state index is 5.90. The largest absolute Gasteiger partial charge is 0.0843 e. The zero-order valence-corrected chi connectivity index (χ0v) is 10.4. The summed E-state index contributed by atoms with van der Waals surface area (Å²) in [6.45, 7) is 0. The third-order valence-corrected chi connectivity index (χ3v) is 4.00. The Balaban J connectivity index is 1.67. The molecular formula is C16H15Cl. The van der Waals surface area contributed by atoms with Crippen LogP contribution in [0.3, 0.4) is 0 Å². The van der Waals surface area contributed by atoms with Crippen LogP contribution in [0.4, 0.5) is 0 Å². The molecule has 0 aliphatic heterocycles. The van der Waals surface area contributed by atoms with Crippen LogP contribution in [0.2, 0.25) is 5.02 Å². The molecule has 0 atom stereocenters. The van der Waals surface area contributed by atoms with E-state index in [9.17, 15) is 0 Å². The van der Waals surface area contributed by atoms with Crippen molar-refractivity contribution in [1.29, 1.82) is 0 Å². The molecule has 2 aromatic rings. The zero-order chi connectivity index (χ0) is 11.7. The van der Waals surface area contributed by atoms with Crippen LogP contribution in [0.15, 0.2) is 54.6 Å². The summed E-state index contributed by atoms with van der Waals surface area (Å²) in [5.41, 5.74) is 2.92. The molecule has 0 spiro atoms. The first-order chi connectivity index (χ1) is 8.33. The third-order valence-electron chi connectivity index (χ3n) is 3.75. The van der Waals surface area contributed by atoms with Gasteiger partial charge in [-0.1, -0.05) is 54.1 Å². The number of halogens is 1. The topological polar surface area (TPSA) is 0 Å². The van der Waals surface area contributed by atoms with Crippen LogP contribution in [0.1, 0.15) is 35.8 Å². The van der Waals surface area contributed by atoms with E-state index in [2.05, 4.69) is 42.5 Å². The van der Waals surface area contributed by atoms with E-state index >= 15 is 0 Å². The van der Waals surface area contributed by atoms with E-state index in [1.165, 1.54) is 24.0 Å². The molecule has 0 saturated heterocycles. The minimum atomic E-state index is 0.720. The Bertz CT molecular complexity index is 481. The van der Waals surface area contributed by atoms with E-state index in [-0.39, 0.29) is 0 Å². The van der Waals surface area contributed by atoms with Gasteiger partial charge in [-0.25, -0.2) is 0 Å². The quantitative estimate of drug-likeness (QED) is 0.695. The summed E-state index contributed by atoms with van der Waals surface area (Å²) < 4.78 is 0. The van der Waals surface area contributed by atoms with Gasteiger partial charge in [0.2, 0.25) is 0 Å². The van der Waals surface area contributed by atoms with Crippen molar-refractivity contribution in [2.45, 2.75) is 24.7 Å². The molecular weight excluding hydrogens is 228 g/mol. The molecule has 0 nitrogen and oxygen atoms in total. The van der Waals surface area contributed by atoms with Crippen LogP contribution in [-0.2, 0) is 0 Å². The van der Waals surface area contributed by atoms with Crippen molar-refractivity contribution in [3.8, 4) is 0 Å². The van der Waals surface area contributed by atoms with Crippen LogP contribution in [0, 0.1) is 0 Å². The molecule has 1 saturated carbocycles. The smallest absolute Gasteiger partial charge is 0.0406 e. The molecule has 3 rings (SSSR count). The van der Waals surface area contributed by atoms with Gasteiger partial charge in [0.25, 0.3) is 0 Å². The van der Waals surface area contributed by atoms with Gasteiger partial charge in [-0.15, -0.1) is 0 Å².